The highest BCUT2D eigenvalue weighted by Crippen LogP contribution is 2.20. The summed E-state index contributed by atoms with van der Waals surface area (Å²) in [5, 5.41) is 5.85. The van der Waals surface area contributed by atoms with Crippen LogP contribution >= 0.6 is 0 Å². The zero-order valence-corrected chi connectivity index (χ0v) is 17.0. The second-order valence-corrected chi connectivity index (χ2v) is 7.12. The van der Waals surface area contributed by atoms with Gasteiger partial charge in [-0.15, -0.1) is 0 Å². The van der Waals surface area contributed by atoms with E-state index in [9.17, 15) is 9.59 Å². The van der Waals surface area contributed by atoms with E-state index in [0.29, 0.717) is 16.8 Å². The van der Waals surface area contributed by atoms with Crippen LogP contribution in [0.4, 0.5) is 5.69 Å². The fourth-order valence-corrected chi connectivity index (χ4v) is 3.28. The Hall–Kier alpha value is -4.19. The summed E-state index contributed by atoms with van der Waals surface area (Å²) in [7, 11) is 0. The van der Waals surface area contributed by atoms with Gasteiger partial charge in [0.25, 0.3) is 11.8 Å². The number of imidazole rings is 1. The molecule has 4 aromatic rings. The molecular formula is C25H22N4O2. The lowest BCUT2D eigenvalue weighted by atomic mass is 10.1. The Bertz CT molecular complexity index is 1170. The first-order valence-corrected chi connectivity index (χ1v) is 9.96. The minimum absolute atomic E-state index is 0.206. The molecule has 0 aliphatic rings. The first-order chi connectivity index (χ1) is 15.1. The number of nitrogens with one attached hydrogen (secondary N) is 2. The minimum atomic E-state index is -0.260. The highest BCUT2D eigenvalue weighted by molar-refractivity contribution is 6.09. The third kappa shape index (κ3) is 4.70. The Morgan fingerprint density at radius 2 is 1.58 bits per heavy atom. The molecule has 0 aliphatic carbocycles. The summed E-state index contributed by atoms with van der Waals surface area (Å²) in [4.78, 5) is 29.5. The zero-order valence-electron chi connectivity index (χ0n) is 17.0. The van der Waals surface area contributed by atoms with Crippen molar-refractivity contribution >= 4 is 17.5 Å². The number of anilines is 1. The van der Waals surface area contributed by atoms with Crippen LogP contribution in [0.25, 0.3) is 5.69 Å². The number of nitrogens with zero attached hydrogens (tertiary/aromatic N) is 2. The Morgan fingerprint density at radius 1 is 0.871 bits per heavy atom. The van der Waals surface area contributed by atoms with Crippen LogP contribution in [0.1, 0.15) is 39.2 Å². The molecule has 4 rings (SSSR count). The largest absolute Gasteiger partial charge is 0.345 e. The molecule has 1 unspecified atom stereocenters. The molecule has 1 heterocycles. The second-order valence-electron chi connectivity index (χ2n) is 7.12. The number of hydrogen-bond donors (Lipinski definition) is 2. The number of amides is 2. The van der Waals surface area contributed by atoms with Gasteiger partial charge in [0.2, 0.25) is 0 Å². The molecule has 0 saturated heterocycles. The van der Waals surface area contributed by atoms with Crippen LogP contribution in [0, 0.1) is 0 Å². The normalized spacial score (nSPS) is 11.5. The lowest BCUT2D eigenvalue weighted by molar-refractivity contribution is 0.0941. The lowest BCUT2D eigenvalue weighted by Gasteiger charge is -2.17. The average molecular weight is 410 g/mol. The van der Waals surface area contributed by atoms with Gasteiger partial charge in [0.05, 0.1) is 23.6 Å². The molecular weight excluding hydrogens is 388 g/mol. The molecule has 0 bridgehead atoms. The SMILES string of the molecule is CC(NC(=O)c1ccccc1NC(=O)c1ccccc1)c1ccc(-n2ccnc2)cc1. The van der Waals surface area contributed by atoms with Crippen LogP contribution < -0.4 is 10.6 Å². The van der Waals surface area contributed by atoms with Gasteiger partial charge in [-0.3, -0.25) is 9.59 Å². The lowest BCUT2D eigenvalue weighted by Crippen LogP contribution is -2.28. The quantitative estimate of drug-likeness (QED) is 0.487. The Kier molecular flexibility index (Phi) is 5.89. The molecule has 2 amide bonds. The number of rotatable bonds is 6. The van der Waals surface area contributed by atoms with Gasteiger partial charge < -0.3 is 15.2 Å². The van der Waals surface area contributed by atoms with E-state index in [2.05, 4.69) is 15.6 Å². The smallest absolute Gasteiger partial charge is 0.255 e. The van der Waals surface area contributed by atoms with Crippen LogP contribution in [0.15, 0.2) is 97.6 Å². The van der Waals surface area contributed by atoms with E-state index in [1.54, 1.807) is 61.1 Å². The molecule has 31 heavy (non-hydrogen) atoms. The standard InChI is InChI=1S/C25H22N4O2/c1-18(19-11-13-21(14-12-19)29-16-15-26-17-29)27-25(31)22-9-5-6-10-23(22)28-24(30)20-7-3-2-4-8-20/h2-18H,1H3,(H,27,31)(H,28,30). The predicted molar refractivity (Wildman–Crippen MR) is 120 cm³/mol. The third-order valence-electron chi connectivity index (χ3n) is 5.00. The summed E-state index contributed by atoms with van der Waals surface area (Å²) in [6, 6.07) is 23.6. The van der Waals surface area contributed by atoms with Crippen molar-refractivity contribution in [2.45, 2.75) is 13.0 Å². The van der Waals surface area contributed by atoms with Crippen molar-refractivity contribution in [3.8, 4) is 5.69 Å². The monoisotopic (exact) mass is 410 g/mol. The van der Waals surface area contributed by atoms with E-state index < -0.39 is 0 Å². The molecule has 0 radical (unpaired) electrons. The Balaban J connectivity index is 1.46. The van der Waals surface area contributed by atoms with Crippen molar-refractivity contribution in [1.29, 1.82) is 0 Å². The topological polar surface area (TPSA) is 76.0 Å². The van der Waals surface area contributed by atoms with Crippen molar-refractivity contribution in [3.05, 3.63) is 114 Å². The summed E-state index contributed by atoms with van der Waals surface area (Å²) in [5.41, 5.74) is 3.38. The van der Waals surface area contributed by atoms with Crippen molar-refractivity contribution < 1.29 is 9.59 Å². The van der Waals surface area contributed by atoms with Gasteiger partial charge in [-0.2, -0.15) is 0 Å². The molecule has 2 N–H and O–H groups in total. The molecule has 1 aromatic heterocycles. The van der Waals surface area contributed by atoms with E-state index in [0.717, 1.165) is 11.3 Å². The number of para-hydroxylation sites is 1. The van der Waals surface area contributed by atoms with E-state index in [4.69, 9.17) is 0 Å². The van der Waals surface area contributed by atoms with E-state index in [-0.39, 0.29) is 17.9 Å². The first kappa shape index (κ1) is 20.1. The highest BCUT2D eigenvalue weighted by Gasteiger charge is 2.16. The van der Waals surface area contributed by atoms with Crippen LogP contribution in [0.3, 0.4) is 0 Å². The third-order valence-corrected chi connectivity index (χ3v) is 5.00. The summed E-state index contributed by atoms with van der Waals surface area (Å²) >= 11 is 0. The van der Waals surface area contributed by atoms with Crippen molar-refractivity contribution in [1.82, 2.24) is 14.9 Å². The first-order valence-electron chi connectivity index (χ1n) is 9.96. The molecule has 0 spiro atoms. The van der Waals surface area contributed by atoms with Gasteiger partial charge in [0.15, 0.2) is 0 Å². The van der Waals surface area contributed by atoms with Gasteiger partial charge in [0, 0.05) is 23.6 Å². The van der Waals surface area contributed by atoms with Crippen molar-refractivity contribution in [2.24, 2.45) is 0 Å². The summed E-state index contributed by atoms with van der Waals surface area (Å²) in [6.45, 7) is 1.93. The van der Waals surface area contributed by atoms with E-state index in [1.165, 1.54) is 0 Å². The average Bonchev–Trinajstić information content (AvgIpc) is 3.35. The van der Waals surface area contributed by atoms with Crippen LogP contribution in [0.2, 0.25) is 0 Å². The molecule has 154 valence electrons. The molecule has 6 heteroatoms. The molecule has 0 fully saturated rings. The highest BCUT2D eigenvalue weighted by atomic mass is 16.2. The summed E-state index contributed by atoms with van der Waals surface area (Å²) in [6.07, 6.45) is 5.34. The van der Waals surface area contributed by atoms with Gasteiger partial charge in [0.1, 0.15) is 0 Å². The van der Waals surface area contributed by atoms with Crippen LogP contribution in [0.5, 0.6) is 0 Å². The van der Waals surface area contributed by atoms with Crippen LogP contribution in [-0.2, 0) is 0 Å². The number of aromatic nitrogens is 2. The molecule has 0 aliphatic heterocycles. The predicted octanol–water partition coefficient (Wildman–Crippen LogP) is 4.62. The zero-order chi connectivity index (χ0) is 21.6. The fraction of sp³-hybridized carbons (Fsp3) is 0.0800. The summed E-state index contributed by atoms with van der Waals surface area (Å²) in [5.74, 6) is -0.515. The van der Waals surface area contributed by atoms with Gasteiger partial charge in [-0.1, -0.05) is 42.5 Å². The van der Waals surface area contributed by atoms with Crippen molar-refractivity contribution in [3.63, 3.8) is 0 Å². The molecule has 1 atom stereocenters. The van der Waals surface area contributed by atoms with Gasteiger partial charge in [-0.05, 0) is 48.9 Å². The number of carbonyl (C=O) groups excluding carboxylic acids is 2. The molecule has 3 aromatic carbocycles. The number of benzene rings is 3. The maximum atomic E-state index is 12.9. The van der Waals surface area contributed by atoms with Crippen LogP contribution in [-0.4, -0.2) is 21.4 Å². The Morgan fingerprint density at radius 3 is 2.29 bits per heavy atom. The van der Waals surface area contributed by atoms with E-state index >= 15 is 0 Å². The minimum Gasteiger partial charge on any atom is -0.345 e. The Labute approximate surface area is 180 Å². The van der Waals surface area contributed by atoms with Gasteiger partial charge >= 0.3 is 0 Å². The fourth-order valence-electron chi connectivity index (χ4n) is 3.28. The van der Waals surface area contributed by atoms with E-state index in [1.807, 2.05) is 48.0 Å². The number of hydrogen-bond acceptors (Lipinski definition) is 3. The summed E-state index contributed by atoms with van der Waals surface area (Å²) < 4.78 is 1.92. The molecule has 6 nitrogen and oxygen atoms in total. The maximum Gasteiger partial charge on any atom is 0.255 e. The second kappa shape index (κ2) is 9.09. The number of carbonyl (C=O) groups is 2. The molecule has 0 saturated carbocycles. The van der Waals surface area contributed by atoms with Gasteiger partial charge in [-0.25, -0.2) is 4.98 Å². The van der Waals surface area contributed by atoms with Crippen molar-refractivity contribution in [2.75, 3.05) is 5.32 Å². The maximum absolute atomic E-state index is 12.9.